The lowest BCUT2D eigenvalue weighted by Gasteiger charge is -2.23. The van der Waals surface area contributed by atoms with Crippen molar-refractivity contribution >= 4 is 66.7 Å². The first-order chi connectivity index (χ1) is 9.83. The van der Waals surface area contributed by atoms with Crippen molar-refractivity contribution in [3.63, 3.8) is 0 Å². The predicted molar refractivity (Wildman–Crippen MR) is 89.3 cm³/mol. The number of hydrogen-bond acceptors (Lipinski definition) is 6. The highest BCUT2D eigenvalue weighted by Crippen LogP contribution is 2.33. The highest BCUT2D eigenvalue weighted by molar-refractivity contribution is 7.96. The van der Waals surface area contributed by atoms with Gasteiger partial charge in [0, 0.05) is 11.1 Å². The van der Waals surface area contributed by atoms with E-state index in [1.54, 1.807) is 0 Å². The second-order valence-corrected chi connectivity index (χ2v) is 5.86. The van der Waals surface area contributed by atoms with Gasteiger partial charge in [0.2, 0.25) is 0 Å². The SMILES string of the molecule is C[B]C1=Cc2c(cc([B]C)c3nsnc23)C2=NSNC12. The molecule has 4 rings (SSSR count). The molecule has 8 heteroatoms. The van der Waals surface area contributed by atoms with Gasteiger partial charge in [0.25, 0.3) is 0 Å². The van der Waals surface area contributed by atoms with Crippen LogP contribution in [0.3, 0.4) is 0 Å². The number of fused-ring (bicyclic) bond motifs is 5. The summed E-state index contributed by atoms with van der Waals surface area (Å²) >= 11 is 2.69. The summed E-state index contributed by atoms with van der Waals surface area (Å²) in [7, 11) is 4.22. The molecule has 0 fully saturated rings. The van der Waals surface area contributed by atoms with Crippen LogP contribution in [-0.2, 0) is 0 Å². The van der Waals surface area contributed by atoms with Gasteiger partial charge >= 0.3 is 0 Å². The van der Waals surface area contributed by atoms with Gasteiger partial charge < -0.3 is 0 Å². The van der Waals surface area contributed by atoms with E-state index in [2.05, 4.69) is 51.4 Å². The molecular weight excluding hydrogens is 286 g/mol. The second-order valence-electron chi connectivity index (χ2n) is 4.73. The maximum Gasteiger partial charge on any atom is 0.151 e. The van der Waals surface area contributed by atoms with Crippen LogP contribution in [0.1, 0.15) is 11.1 Å². The summed E-state index contributed by atoms with van der Waals surface area (Å²) in [6.07, 6.45) is 2.21. The van der Waals surface area contributed by atoms with E-state index in [1.807, 2.05) is 6.82 Å². The number of hydrogen-bond donors (Lipinski definition) is 1. The maximum absolute atomic E-state index is 4.57. The summed E-state index contributed by atoms with van der Waals surface area (Å²) in [5, 5.41) is 0. The van der Waals surface area contributed by atoms with Gasteiger partial charge in [-0.25, -0.2) is 9.12 Å². The fourth-order valence-electron chi connectivity index (χ4n) is 2.73. The molecule has 96 valence electrons. The minimum atomic E-state index is 0.186. The monoisotopic (exact) mass is 296 g/mol. The van der Waals surface area contributed by atoms with Crippen molar-refractivity contribution in [3.8, 4) is 0 Å². The first kappa shape index (κ1) is 12.6. The summed E-state index contributed by atoms with van der Waals surface area (Å²) in [6.45, 7) is 4.09. The van der Waals surface area contributed by atoms with Crippen molar-refractivity contribution in [3.05, 3.63) is 22.7 Å². The van der Waals surface area contributed by atoms with Crippen LogP contribution in [-0.4, -0.2) is 35.1 Å². The van der Waals surface area contributed by atoms with Gasteiger partial charge in [-0.05, 0) is 0 Å². The number of nitrogens with one attached hydrogen (secondary N) is 1. The van der Waals surface area contributed by atoms with Crippen molar-refractivity contribution in [2.75, 3.05) is 0 Å². The van der Waals surface area contributed by atoms with Gasteiger partial charge in [-0.3, -0.25) is 0 Å². The molecule has 2 radical (unpaired) electrons. The second kappa shape index (κ2) is 4.72. The molecule has 0 saturated heterocycles. The summed E-state index contributed by atoms with van der Waals surface area (Å²) < 4.78 is 16.8. The average Bonchev–Trinajstić information content (AvgIpc) is 3.13. The van der Waals surface area contributed by atoms with E-state index in [0.29, 0.717) is 0 Å². The number of nitrogens with zero attached hydrogens (tertiary/aromatic N) is 3. The van der Waals surface area contributed by atoms with E-state index in [1.165, 1.54) is 34.9 Å². The van der Waals surface area contributed by atoms with Gasteiger partial charge in [0.1, 0.15) is 12.8 Å². The van der Waals surface area contributed by atoms with Crippen molar-refractivity contribution in [1.29, 1.82) is 0 Å². The highest BCUT2D eigenvalue weighted by Gasteiger charge is 2.32. The highest BCUT2D eigenvalue weighted by atomic mass is 32.2. The molecule has 1 aromatic carbocycles. The van der Waals surface area contributed by atoms with Crippen molar-refractivity contribution in [2.45, 2.75) is 19.7 Å². The first-order valence-corrected chi connectivity index (χ1v) is 7.93. The Kier molecular flexibility index (Phi) is 2.98. The maximum atomic E-state index is 4.57. The Bertz CT molecular complexity index is 768. The van der Waals surface area contributed by atoms with E-state index in [-0.39, 0.29) is 6.04 Å². The summed E-state index contributed by atoms with van der Waals surface area (Å²) in [5.74, 6) is 0. The third kappa shape index (κ3) is 1.65. The van der Waals surface area contributed by atoms with Crippen LogP contribution < -0.4 is 10.2 Å². The topological polar surface area (TPSA) is 50.2 Å². The largest absolute Gasteiger partial charge is 0.232 e. The van der Waals surface area contributed by atoms with E-state index in [4.69, 9.17) is 0 Å². The van der Waals surface area contributed by atoms with Crippen LogP contribution in [0.4, 0.5) is 0 Å². The Hall–Kier alpha value is -1.11. The van der Waals surface area contributed by atoms with Gasteiger partial charge in [-0.1, -0.05) is 36.7 Å². The van der Waals surface area contributed by atoms with Crippen LogP contribution in [0.2, 0.25) is 13.6 Å². The Morgan fingerprint density at radius 3 is 2.85 bits per heavy atom. The molecule has 2 aromatic rings. The van der Waals surface area contributed by atoms with Gasteiger partial charge in [-0.15, -0.1) is 0 Å². The Labute approximate surface area is 127 Å². The predicted octanol–water partition coefficient (Wildman–Crippen LogP) is 1.50. The molecule has 1 aliphatic heterocycles. The number of benzene rings is 1. The van der Waals surface area contributed by atoms with E-state index in [0.717, 1.165) is 27.8 Å². The number of aromatic nitrogens is 2. The summed E-state index contributed by atoms with van der Waals surface area (Å²) in [4.78, 5) is 0. The summed E-state index contributed by atoms with van der Waals surface area (Å²) in [6, 6.07) is 2.37. The molecule has 20 heavy (non-hydrogen) atoms. The van der Waals surface area contributed by atoms with Crippen LogP contribution in [0, 0.1) is 0 Å². The molecule has 1 atom stereocenters. The average molecular weight is 296 g/mol. The van der Waals surface area contributed by atoms with Crippen LogP contribution in [0.5, 0.6) is 0 Å². The van der Waals surface area contributed by atoms with Gasteiger partial charge in [-0.2, -0.15) is 8.75 Å². The molecule has 0 amide bonds. The van der Waals surface area contributed by atoms with Crippen LogP contribution in [0.25, 0.3) is 17.1 Å². The van der Waals surface area contributed by atoms with Crippen LogP contribution in [0.15, 0.2) is 15.9 Å². The Morgan fingerprint density at radius 2 is 2.05 bits per heavy atom. The fourth-order valence-corrected chi connectivity index (χ4v) is 4.02. The molecule has 1 N–H and O–H groups in total. The molecule has 2 aliphatic rings. The van der Waals surface area contributed by atoms with Crippen molar-refractivity contribution < 1.29 is 0 Å². The molecule has 2 heterocycles. The van der Waals surface area contributed by atoms with Gasteiger partial charge in [0.15, 0.2) is 7.28 Å². The Balaban J connectivity index is 2.08. The first-order valence-electron chi connectivity index (χ1n) is 6.43. The van der Waals surface area contributed by atoms with Gasteiger partial charge in [0.05, 0.1) is 41.1 Å². The van der Waals surface area contributed by atoms with E-state index in [9.17, 15) is 0 Å². The molecule has 4 nitrogen and oxygen atoms in total. The third-order valence-electron chi connectivity index (χ3n) is 3.76. The lowest BCUT2D eigenvalue weighted by molar-refractivity contribution is 0.987. The standard InChI is InChI=1S/C12H10B2N4S2/c1-13-7-3-5-6(9-11(7)17-19-15-9)4-8(14-2)12-10(5)16-20-18-12/h3-4,11,17H,1-2H3. The molecule has 1 aromatic heterocycles. The summed E-state index contributed by atoms with van der Waals surface area (Å²) in [5.41, 5.74) is 7.75. The van der Waals surface area contributed by atoms with Crippen molar-refractivity contribution in [1.82, 2.24) is 13.5 Å². The zero-order chi connectivity index (χ0) is 13.7. The number of rotatable bonds is 2. The van der Waals surface area contributed by atoms with E-state index >= 15 is 0 Å². The minimum absolute atomic E-state index is 0.186. The van der Waals surface area contributed by atoms with E-state index < -0.39 is 0 Å². The third-order valence-corrected chi connectivity index (χ3v) is 4.92. The van der Waals surface area contributed by atoms with Crippen molar-refractivity contribution in [2.24, 2.45) is 4.40 Å². The molecule has 0 saturated carbocycles. The normalized spacial score (nSPS) is 20.2. The lowest BCUT2D eigenvalue weighted by atomic mass is 9.63. The zero-order valence-electron chi connectivity index (χ0n) is 11.0. The Morgan fingerprint density at radius 1 is 1.20 bits per heavy atom. The molecule has 1 unspecified atom stereocenters. The lowest BCUT2D eigenvalue weighted by Crippen LogP contribution is -2.35. The quantitative estimate of drug-likeness (QED) is 0.674. The molecular formula is C12H10B2N4S2. The minimum Gasteiger partial charge on any atom is -0.232 e. The fraction of sp³-hybridized carbons (Fsp3) is 0.250. The molecule has 1 aliphatic carbocycles. The van der Waals surface area contributed by atoms with Crippen LogP contribution >= 0.6 is 23.9 Å². The smallest absolute Gasteiger partial charge is 0.151 e. The molecule has 0 bridgehead atoms. The molecule has 0 spiro atoms. The zero-order valence-corrected chi connectivity index (χ0v) is 12.7.